The van der Waals surface area contributed by atoms with Crippen LogP contribution in [0.2, 0.25) is 0 Å². The van der Waals surface area contributed by atoms with E-state index in [1.54, 1.807) is 6.20 Å². The summed E-state index contributed by atoms with van der Waals surface area (Å²) in [6, 6.07) is 6.05. The van der Waals surface area contributed by atoms with Crippen LogP contribution in [0.25, 0.3) is 0 Å². The number of nitrogens with one attached hydrogen (secondary N) is 1. The summed E-state index contributed by atoms with van der Waals surface area (Å²) >= 11 is 0. The molecule has 0 fully saturated rings. The molecule has 0 spiro atoms. The molecule has 0 saturated carbocycles. The van der Waals surface area contributed by atoms with Crippen LogP contribution < -0.4 is 5.32 Å². The number of aliphatic hydroxyl groups is 1. The lowest BCUT2D eigenvalue weighted by atomic mass is 9.97. The minimum absolute atomic E-state index is 0.172. The lowest BCUT2D eigenvalue weighted by Gasteiger charge is -2.27. The summed E-state index contributed by atoms with van der Waals surface area (Å²) in [5.74, 6) is 0. The second-order valence-electron chi connectivity index (χ2n) is 4.29. The van der Waals surface area contributed by atoms with E-state index >= 15 is 0 Å². The summed E-state index contributed by atoms with van der Waals surface area (Å²) in [6.45, 7) is 6.69. The van der Waals surface area contributed by atoms with E-state index in [9.17, 15) is 5.11 Å². The van der Waals surface area contributed by atoms with Gasteiger partial charge in [0.05, 0.1) is 11.3 Å². The van der Waals surface area contributed by atoms with Crippen molar-refractivity contribution in [3.05, 3.63) is 30.1 Å². The lowest BCUT2D eigenvalue weighted by Crippen LogP contribution is -2.40. The molecule has 2 N–H and O–H groups in total. The molecule has 3 nitrogen and oxygen atoms in total. The quantitative estimate of drug-likeness (QED) is 0.776. The Balaban J connectivity index is 2.50. The van der Waals surface area contributed by atoms with Gasteiger partial charge in [0.1, 0.15) is 0 Å². The van der Waals surface area contributed by atoms with Gasteiger partial charge in [0.2, 0.25) is 0 Å². The average molecular weight is 222 g/mol. The van der Waals surface area contributed by atoms with Gasteiger partial charge in [-0.2, -0.15) is 0 Å². The molecule has 1 aromatic rings. The van der Waals surface area contributed by atoms with Crippen LogP contribution in [0.4, 0.5) is 0 Å². The molecule has 1 aromatic heterocycles. The largest absolute Gasteiger partial charge is 0.389 e. The van der Waals surface area contributed by atoms with Crippen molar-refractivity contribution in [1.82, 2.24) is 10.3 Å². The molecule has 0 aliphatic carbocycles. The summed E-state index contributed by atoms with van der Waals surface area (Å²) < 4.78 is 0. The number of aromatic nitrogens is 1. The predicted molar refractivity (Wildman–Crippen MR) is 66.2 cm³/mol. The number of hydrogen-bond acceptors (Lipinski definition) is 3. The van der Waals surface area contributed by atoms with Crippen molar-refractivity contribution in [2.75, 3.05) is 6.54 Å². The number of pyridine rings is 1. The van der Waals surface area contributed by atoms with E-state index in [0.29, 0.717) is 6.54 Å². The van der Waals surface area contributed by atoms with Gasteiger partial charge in [-0.1, -0.05) is 19.9 Å². The Labute approximate surface area is 97.9 Å². The zero-order valence-electron chi connectivity index (χ0n) is 10.4. The Hall–Kier alpha value is -0.930. The van der Waals surface area contributed by atoms with Gasteiger partial charge in [-0.3, -0.25) is 4.98 Å². The number of hydrogen-bond donors (Lipinski definition) is 2. The zero-order valence-corrected chi connectivity index (χ0v) is 10.4. The van der Waals surface area contributed by atoms with Crippen LogP contribution in [-0.2, 0) is 0 Å². The summed E-state index contributed by atoms with van der Waals surface area (Å²) in [5, 5.41) is 13.5. The Morgan fingerprint density at radius 3 is 2.56 bits per heavy atom. The van der Waals surface area contributed by atoms with Crippen LogP contribution in [0.15, 0.2) is 24.4 Å². The van der Waals surface area contributed by atoms with Crippen LogP contribution in [0, 0.1) is 0 Å². The van der Waals surface area contributed by atoms with Crippen LogP contribution in [0.3, 0.4) is 0 Å². The maximum atomic E-state index is 10.1. The standard InChI is InChI=1S/C13H22N2O/c1-4-13(16,5-2)10-15-11(3)12-8-6-7-9-14-12/h6-9,11,15-16H,4-5,10H2,1-3H3/t11-/m1/s1. The highest BCUT2D eigenvalue weighted by atomic mass is 16.3. The molecule has 0 amide bonds. The van der Waals surface area contributed by atoms with Crippen molar-refractivity contribution in [3.8, 4) is 0 Å². The van der Waals surface area contributed by atoms with Crippen molar-refractivity contribution in [2.45, 2.75) is 45.3 Å². The van der Waals surface area contributed by atoms with E-state index in [4.69, 9.17) is 0 Å². The third-order valence-electron chi connectivity index (χ3n) is 3.18. The van der Waals surface area contributed by atoms with Crippen LogP contribution in [-0.4, -0.2) is 22.2 Å². The zero-order chi connectivity index (χ0) is 12.0. The maximum absolute atomic E-state index is 10.1. The smallest absolute Gasteiger partial charge is 0.0766 e. The molecular weight excluding hydrogens is 200 g/mol. The van der Waals surface area contributed by atoms with Gasteiger partial charge >= 0.3 is 0 Å². The molecule has 0 aliphatic heterocycles. The van der Waals surface area contributed by atoms with Crippen molar-refractivity contribution in [3.63, 3.8) is 0 Å². The molecular formula is C13H22N2O. The van der Waals surface area contributed by atoms with E-state index in [-0.39, 0.29) is 6.04 Å². The van der Waals surface area contributed by atoms with Gasteiger partial charge in [0.15, 0.2) is 0 Å². The van der Waals surface area contributed by atoms with E-state index in [1.807, 2.05) is 32.0 Å². The Kier molecular flexibility index (Phi) is 4.90. The monoisotopic (exact) mass is 222 g/mol. The fourth-order valence-corrected chi connectivity index (χ4v) is 1.58. The predicted octanol–water partition coefficient (Wildman–Crippen LogP) is 2.28. The van der Waals surface area contributed by atoms with Crippen LogP contribution >= 0.6 is 0 Å². The maximum Gasteiger partial charge on any atom is 0.0766 e. The first-order valence-electron chi connectivity index (χ1n) is 5.98. The molecule has 1 rings (SSSR count). The number of nitrogens with zero attached hydrogens (tertiary/aromatic N) is 1. The Bertz CT molecular complexity index is 296. The molecule has 0 radical (unpaired) electrons. The minimum atomic E-state index is -0.594. The van der Waals surface area contributed by atoms with E-state index in [2.05, 4.69) is 17.2 Å². The molecule has 90 valence electrons. The minimum Gasteiger partial charge on any atom is -0.389 e. The van der Waals surface area contributed by atoms with Crippen molar-refractivity contribution < 1.29 is 5.11 Å². The van der Waals surface area contributed by atoms with Gasteiger partial charge in [-0.05, 0) is 31.9 Å². The molecule has 0 saturated heterocycles. The van der Waals surface area contributed by atoms with Crippen molar-refractivity contribution in [2.24, 2.45) is 0 Å². The third kappa shape index (κ3) is 3.58. The molecule has 0 aromatic carbocycles. The summed E-state index contributed by atoms with van der Waals surface area (Å²) in [5.41, 5.74) is 0.417. The summed E-state index contributed by atoms with van der Waals surface area (Å²) in [7, 11) is 0. The highest BCUT2D eigenvalue weighted by Gasteiger charge is 2.22. The molecule has 3 heteroatoms. The van der Waals surface area contributed by atoms with Gasteiger partial charge in [0, 0.05) is 18.8 Å². The first kappa shape index (κ1) is 13.1. The fraction of sp³-hybridized carbons (Fsp3) is 0.615. The molecule has 0 bridgehead atoms. The first-order valence-corrected chi connectivity index (χ1v) is 5.98. The highest BCUT2D eigenvalue weighted by Crippen LogP contribution is 2.15. The van der Waals surface area contributed by atoms with Gasteiger partial charge < -0.3 is 10.4 Å². The van der Waals surface area contributed by atoms with Crippen LogP contribution in [0.5, 0.6) is 0 Å². The molecule has 1 atom stereocenters. The summed E-state index contributed by atoms with van der Waals surface area (Å²) in [4.78, 5) is 4.29. The third-order valence-corrected chi connectivity index (χ3v) is 3.18. The summed E-state index contributed by atoms with van der Waals surface area (Å²) in [6.07, 6.45) is 3.33. The van der Waals surface area contributed by atoms with Crippen molar-refractivity contribution >= 4 is 0 Å². The second kappa shape index (κ2) is 5.97. The normalized spacial score (nSPS) is 13.8. The SMILES string of the molecule is CCC(O)(CC)CN[C@H](C)c1ccccn1. The topological polar surface area (TPSA) is 45.1 Å². The van der Waals surface area contributed by atoms with Crippen molar-refractivity contribution in [1.29, 1.82) is 0 Å². The lowest BCUT2D eigenvalue weighted by molar-refractivity contribution is 0.0302. The van der Waals surface area contributed by atoms with Gasteiger partial charge in [-0.25, -0.2) is 0 Å². The van der Waals surface area contributed by atoms with Crippen LogP contribution in [0.1, 0.15) is 45.3 Å². The van der Waals surface area contributed by atoms with Gasteiger partial charge in [-0.15, -0.1) is 0 Å². The van der Waals surface area contributed by atoms with E-state index in [0.717, 1.165) is 18.5 Å². The van der Waals surface area contributed by atoms with Gasteiger partial charge in [0.25, 0.3) is 0 Å². The second-order valence-corrected chi connectivity index (χ2v) is 4.29. The average Bonchev–Trinajstić information content (AvgIpc) is 2.36. The molecule has 1 heterocycles. The molecule has 0 aliphatic rings. The highest BCUT2D eigenvalue weighted by molar-refractivity contribution is 5.07. The fourth-order valence-electron chi connectivity index (χ4n) is 1.58. The van der Waals surface area contributed by atoms with E-state index in [1.165, 1.54) is 0 Å². The van der Waals surface area contributed by atoms with E-state index < -0.39 is 5.60 Å². The molecule has 0 unspecified atom stereocenters. The first-order chi connectivity index (χ1) is 7.61. The number of rotatable bonds is 6. The Morgan fingerprint density at radius 2 is 2.06 bits per heavy atom. The Morgan fingerprint density at radius 1 is 1.38 bits per heavy atom. The molecule has 16 heavy (non-hydrogen) atoms.